The topological polar surface area (TPSA) is 76.0 Å². The van der Waals surface area contributed by atoms with Crippen LogP contribution in [0, 0.1) is 0 Å². The highest BCUT2D eigenvalue weighted by atomic mass is 16.1. The minimum Gasteiger partial charge on any atom is -0.343 e. The summed E-state index contributed by atoms with van der Waals surface area (Å²) in [5.74, 6) is 0.677. The Bertz CT molecular complexity index is 1010. The number of nitrogens with one attached hydrogen (secondary N) is 3. The van der Waals surface area contributed by atoms with Crippen LogP contribution in [0.5, 0.6) is 0 Å². The van der Waals surface area contributed by atoms with Crippen molar-refractivity contribution < 1.29 is 14.2 Å². The van der Waals surface area contributed by atoms with Crippen molar-refractivity contribution in [1.29, 1.82) is 0 Å². The van der Waals surface area contributed by atoms with Crippen molar-refractivity contribution >= 4 is 11.4 Å². The van der Waals surface area contributed by atoms with E-state index in [1.165, 1.54) is 0 Å². The molecule has 6 heteroatoms. The number of H-pyrrole nitrogens is 2. The molecule has 0 spiro atoms. The second-order valence-corrected chi connectivity index (χ2v) is 5.60. The molecular formula is C19H17N5O+2. The maximum Gasteiger partial charge on any atom is 0.298 e. The molecule has 0 radical (unpaired) electrons. The minimum absolute atomic E-state index is 0.166. The van der Waals surface area contributed by atoms with Gasteiger partial charge in [-0.25, -0.2) is 9.97 Å². The number of pyridine rings is 3. The third kappa shape index (κ3) is 2.97. The molecule has 0 atom stereocenters. The highest BCUT2D eigenvalue weighted by Gasteiger charge is 2.25. The minimum atomic E-state index is -0.166. The monoisotopic (exact) mass is 331 g/mol. The van der Waals surface area contributed by atoms with Gasteiger partial charge >= 0.3 is 0 Å². The molecule has 4 aromatic rings. The van der Waals surface area contributed by atoms with Gasteiger partial charge in [0.25, 0.3) is 11.7 Å². The van der Waals surface area contributed by atoms with E-state index in [0.717, 1.165) is 22.6 Å². The molecule has 122 valence electrons. The summed E-state index contributed by atoms with van der Waals surface area (Å²) in [6.45, 7) is 0.381. The lowest BCUT2D eigenvalue weighted by Crippen LogP contribution is -2.25. The second-order valence-electron chi connectivity index (χ2n) is 5.60. The van der Waals surface area contributed by atoms with E-state index < -0.39 is 0 Å². The van der Waals surface area contributed by atoms with Crippen molar-refractivity contribution in [3.8, 4) is 11.4 Å². The van der Waals surface area contributed by atoms with Crippen LogP contribution >= 0.6 is 0 Å². The number of aromatic nitrogens is 4. The number of hydrogen-bond acceptors (Lipinski definition) is 2. The number of nitrogens with zero attached hydrogens (tertiary/aromatic N) is 2. The van der Waals surface area contributed by atoms with Crippen LogP contribution in [0.3, 0.4) is 0 Å². The number of fused-ring (bicyclic) bond motifs is 1. The van der Waals surface area contributed by atoms with Crippen LogP contribution in [0.2, 0.25) is 0 Å². The Morgan fingerprint density at radius 3 is 2.88 bits per heavy atom. The fourth-order valence-electron chi connectivity index (χ4n) is 2.77. The molecule has 0 aliphatic carbocycles. The number of aromatic amines is 2. The van der Waals surface area contributed by atoms with Gasteiger partial charge in [0.2, 0.25) is 5.69 Å². The van der Waals surface area contributed by atoms with E-state index in [1.54, 1.807) is 6.20 Å². The standard InChI is InChI=1S/C19H15N5O/c25-19(22-13-15-7-1-3-10-21-15)17-16-8-2-4-11-24(16)18(23-17)14-6-5-9-20-12-14/h1-12H,13H2,(H,22,25)/p+2. The summed E-state index contributed by atoms with van der Waals surface area (Å²) in [5, 5.41) is 2.92. The number of imidazole rings is 1. The van der Waals surface area contributed by atoms with Gasteiger partial charge in [0.05, 0.1) is 18.4 Å². The molecule has 4 heterocycles. The van der Waals surface area contributed by atoms with Crippen molar-refractivity contribution in [1.82, 2.24) is 15.3 Å². The SMILES string of the molecule is O=C(NCc1ccccn1)c1[nH]c(-c2ccc[nH+]c2)[n+]2ccccc12. The lowest BCUT2D eigenvalue weighted by Gasteiger charge is -2.01. The molecule has 25 heavy (non-hydrogen) atoms. The zero-order chi connectivity index (χ0) is 17.1. The van der Waals surface area contributed by atoms with Gasteiger partial charge in [0.1, 0.15) is 5.56 Å². The Labute approximate surface area is 144 Å². The largest absolute Gasteiger partial charge is 0.343 e. The summed E-state index contributed by atoms with van der Waals surface area (Å²) >= 11 is 0. The first-order chi connectivity index (χ1) is 12.3. The van der Waals surface area contributed by atoms with Gasteiger partial charge in [0, 0.05) is 12.3 Å². The van der Waals surface area contributed by atoms with E-state index in [1.807, 2.05) is 71.5 Å². The smallest absolute Gasteiger partial charge is 0.298 e. The van der Waals surface area contributed by atoms with Crippen LogP contribution in [0.25, 0.3) is 16.9 Å². The zero-order valence-electron chi connectivity index (χ0n) is 13.4. The number of carbonyl (C=O) groups excluding carboxylic acids is 1. The number of rotatable bonds is 4. The number of amides is 1. The maximum absolute atomic E-state index is 12.7. The number of hydrogen-bond donors (Lipinski definition) is 2. The fourth-order valence-corrected chi connectivity index (χ4v) is 2.77. The van der Waals surface area contributed by atoms with Crippen LogP contribution in [-0.2, 0) is 6.54 Å². The average Bonchev–Trinajstić information content (AvgIpc) is 3.07. The molecule has 4 aromatic heterocycles. The highest BCUT2D eigenvalue weighted by Crippen LogP contribution is 2.15. The van der Waals surface area contributed by atoms with Crippen molar-refractivity contribution in [3.63, 3.8) is 0 Å². The van der Waals surface area contributed by atoms with E-state index in [9.17, 15) is 4.79 Å². The van der Waals surface area contributed by atoms with Crippen LogP contribution < -0.4 is 14.7 Å². The summed E-state index contributed by atoms with van der Waals surface area (Å²) in [5.41, 5.74) is 3.12. The van der Waals surface area contributed by atoms with Crippen LogP contribution in [-0.4, -0.2) is 15.9 Å². The van der Waals surface area contributed by atoms with Gasteiger partial charge in [0.15, 0.2) is 17.9 Å². The van der Waals surface area contributed by atoms with Gasteiger partial charge < -0.3 is 5.32 Å². The van der Waals surface area contributed by atoms with Gasteiger partial charge in [-0.2, -0.15) is 4.40 Å². The van der Waals surface area contributed by atoms with Crippen molar-refractivity contribution in [2.24, 2.45) is 0 Å². The highest BCUT2D eigenvalue weighted by molar-refractivity contribution is 5.98. The van der Waals surface area contributed by atoms with Crippen LogP contribution in [0.15, 0.2) is 73.3 Å². The molecule has 0 unspecified atom stereocenters. The lowest BCUT2D eigenvalue weighted by molar-refractivity contribution is -0.499. The predicted molar refractivity (Wildman–Crippen MR) is 91.4 cm³/mol. The van der Waals surface area contributed by atoms with Gasteiger partial charge in [-0.05, 0) is 30.3 Å². The molecule has 0 bridgehead atoms. The molecular weight excluding hydrogens is 314 g/mol. The molecule has 3 N–H and O–H groups in total. The molecule has 0 aliphatic heterocycles. The number of carbonyl (C=O) groups is 1. The molecule has 0 saturated carbocycles. The lowest BCUT2D eigenvalue weighted by atomic mass is 10.3. The van der Waals surface area contributed by atoms with Crippen molar-refractivity contribution in [2.45, 2.75) is 6.54 Å². The second kappa shape index (κ2) is 6.52. The molecule has 4 rings (SSSR count). The molecule has 0 saturated heterocycles. The summed E-state index contributed by atoms with van der Waals surface area (Å²) in [6.07, 6.45) is 7.38. The summed E-state index contributed by atoms with van der Waals surface area (Å²) in [7, 11) is 0. The Kier molecular flexibility index (Phi) is 3.92. The summed E-state index contributed by atoms with van der Waals surface area (Å²) in [6, 6.07) is 15.3. The van der Waals surface area contributed by atoms with Crippen molar-refractivity contribution in [2.75, 3.05) is 0 Å². The van der Waals surface area contributed by atoms with E-state index in [-0.39, 0.29) is 5.91 Å². The van der Waals surface area contributed by atoms with E-state index in [4.69, 9.17) is 0 Å². The third-order valence-electron chi connectivity index (χ3n) is 3.96. The maximum atomic E-state index is 12.7. The molecule has 1 amide bonds. The van der Waals surface area contributed by atoms with E-state index in [0.29, 0.717) is 12.2 Å². The fraction of sp³-hybridized carbons (Fsp3) is 0.0526. The first-order valence-electron chi connectivity index (χ1n) is 8.00. The Balaban J connectivity index is 1.69. The predicted octanol–water partition coefficient (Wildman–Crippen LogP) is 1.56. The Morgan fingerprint density at radius 2 is 2.08 bits per heavy atom. The molecule has 0 fully saturated rings. The molecule has 0 aliphatic rings. The van der Waals surface area contributed by atoms with E-state index in [2.05, 4.69) is 20.3 Å². The molecule has 6 nitrogen and oxygen atoms in total. The Hall–Kier alpha value is -3.54. The van der Waals surface area contributed by atoms with E-state index >= 15 is 0 Å². The van der Waals surface area contributed by atoms with Crippen LogP contribution in [0.1, 0.15) is 16.2 Å². The average molecular weight is 331 g/mol. The third-order valence-corrected chi connectivity index (χ3v) is 3.96. The van der Waals surface area contributed by atoms with Gasteiger partial charge in [-0.15, -0.1) is 0 Å². The van der Waals surface area contributed by atoms with Gasteiger partial charge in [-0.3, -0.25) is 9.78 Å². The Morgan fingerprint density at radius 1 is 1.16 bits per heavy atom. The first kappa shape index (κ1) is 15.0. The quantitative estimate of drug-likeness (QED) is 0.557. The van der Waals surface area contributed by atoms with Crippen LogP contribution in [0.4, 0.5) is 0 Å². The molecule has 0 aromatic carbocycles. The summed E-state index contributed by atoms with van der Waals surface area (Å²) in [4.78, 5) is 23.2. The summed E-state index contributed by atoms with van der Waals surface area (Å²) < 4.78 is 1.97. The van der Waals surface area contributed by atoms with Gasteiger partial charge in [-0.1, -0.05) is 12.1 Å². The van der Waals surface area contributed by atoms with Crippen molar-refractivity contribution in [3.05, 3.63) is 84.7 Å². The first-order valence-corrected chi connectivity index (χ1v) is 8.00. The normalized spacial score (nSPS) is 10.7. The zero-order valence-corrected chi connectivity index (χ0v) is 13.4.